The standard InChI is InChI=1S/C17H15N3O5S2/c1-3-27(24,25)15-7-5-4-6-12(15)16(21)18-17-19(2)13-9-8-11(20(22)23)10-14(13)26-17/h4-10H,3H2,1-2H3. The number of sulfone groups is 1. The van der Waals surface area contributed by atoms with Gasteiger partial charge in [-0.3, -0.25) is 14.9 Å². The molecular weight excluding hydrogens is 390 g/mol. The highest BCUT2D eigenvalue weighted by atomic mass is 32.2. The van der Waals surface area contributed by atoms with Crippen molar-refractivity contribution in [2.75, 3.05) is 5.75 Å². The molecule has 2 aromatic carbocycles. The third-order valence-electron chi connectivity index (χ3n) is 4.03. The smallest absolute Gasteiger partial charge is 0.280 e. The van der Waals surface area contributed by atoms with Gasteiger partial charge in [0.05, 0.1) is 31.4 Å². The van der Waals surface area contributed by atoms with Gasteiger partial charge in [-0.25, -0.2) is 8.42 Å². The van der Waals surface area contributed by atoms with Crippen molar-refractivity contribution >= 4 is 43.0 Å². The zero-order valence-corrected chi connectivity index (χ0v) is 16.1. The number of rotatable bonds is 4. The van der Waals surface area contributed by atoms with E-state index in [0.717, 1.165) is 11.3 Å². The summed E-state index contributed by atoms with van der Waals surface area (Å²) in [5.41, 5.74) is 0.635. The lowest BCUT2D eigenvalue weighted by molar-refractivity contribution is -0.384. The number of nitro benzene ring substituents is 1. The van der Waals surface area contributed by atoms with E-state index in [-0.39, 0.29) is 21.9 Å². The van der Waals surface area contributed by atoms with Crippen molar-refractivity contribution in [2.45, 2.75) is 11.8 Å². The maximum Gasteiger partial charge on any atom is 0.280 e. The molecule has 3 aromatic rings. The molecule has 1 heterocycles. The van der Waals surface area contributed by atoms with E-state index in [1.165, 1.54) is 31.2 Å². The van der Waals surface area contributed by atoms with Gasteiger partial charge in [0.2, 0.25) is 0 Å². The van der Waals surface area contributed by atoms with Gasteiger partial charge in [0.15, 0.2) is 14.6 Å². The Morgan fingerprint density at radius 3 is 2.63 bits per heavy atom. The Kier molecular flexibility index (Phi) is 4.94. The fourth-order valence-corrected chi connectivity index (χ4v) is 4.70. The number of thiazole rings is 1. The molecule has 0 aliphatic carbocycles. The van der Waals surface area contributed by atoms with Crippen LogP contribution in [0.2, 0.25) is 0 Å². The number of amides is 1. The Morgan fingerprint density at radius 2 is 1.96 bits per heavy atom. The average molecular weight is 405 g/mol. The maximum atomic E-state index is 12.7. The van der Waals surface area contributed by atoms with Crippen LogP contribution in [0.1, 0.15) is 17.3 Å². The predicted molar refractivity (Wildman–Crippen MR) is 102 cm³/mol. The molecule has 0 fully saturated rings. The third kappa shape index (κ3) is 3.53. The molecule has 0 unspecified atom stereocenters. The number of aryl methyl sites for hydroxylation is 1. The van der Waals surface area contributed by atoms with Gasteiger partial charge < -0.3 is 4.57 Å². The van der Waals surface area contributed by atoms with E-state index < -0.39 is 20.7 Å². The fraction of sp³-hybridized carbons (Fsp3) is 0.176. The minimum Gasteiger partial charge on any atom is -0.319 e. The van der Waals surface area contributed by atoms with Crippen LogP contribution in [0.5, 0.6) is 0 Å². The highest BCUT2D eigenvalue weighted by Gasteiger charge is 2.20. The number of fused-ring (bicyclic) bond motifs is 1. The van der Waals surface area contributed by atoms with Crippen LogP contribution in [-0.4, -0.2) is 29.6 Å². The molecular formula is C17H15N3O5S2. The van der Waals surface area contributed by atoms with Crippen LogP contribution in [0.15, 0.2) is 52.4 Å². The lowest BCUT2D eigenvalue weighted by Crippen LogP contribution is -2.15. The minimum atomic E-state index is -3.58. The fourth-order valence-electron chi connectivity index (χ4n) is 2.56. The number of nitro groups is 1. The molecule has 27 heavy (non-hydrogen) atoms. The van der Waals surface area contributed by atoms with Gasteiger partial charge in [-0.15, -0.1) is 0 Å². The molecule has 0 atom stereocenters. The van der Waals surface area contributed by atoms with Crippen LogP contribution in [0.3, 0.4) is 0 Å². The molecule has 8 nitrogen and oxygen atoms in total. The summed E-state index contributed by atoms with van der Waals surface area (Å²) in [6, 6.07) is 10.3. The van der Waals surface area contributed by atoms with Gasteiger partial charge in [-0.1, -0.05) is 30.4 Å². The molecule has 0 saturated carbocycles. The average Bonchev–Trinajstić information content (AvgIpc) is 2.96. The minimum absolute atomic E-state index is 0.00258. The Morgan fingerprint density at radius 1 is 1.26 bits per heavy atom. The Hall–Kier alpha value is -2.85. The summed E-state index contributed by atoms with van der Waals surface area (Å²) >= 11 is 1.12. The van der Waals surface area contributed by atoms with Gasteiger partial charge in [-0.05, 0) is 18.2 Å². The normalized spacial score (nSPS) is 12.4. The predicted octanol–water partition coefficient (Wildman–Crippen LogP) is 2.68. The number of carbonyl (C=O) groups excluding carboxylic acids is 1. The van der Waals surface area contributed by atoms with Gasteiger partial charge in [0.25, 0.3) is 11.6 Å². The third-order valence-corrected chi connectivity index (χ3v) is 6.91. The molecule has 140 valence electrons. The van der Waals surface area contributed by atoms with E-state index in [9.17, 15) is 23.3 Å². The zero-order chi connectivity index (χ0) is 19.8. The largest absolute Gasteiger partial charge is 0.319 e. The second-order valence-corrected chi connectivity index (χ2v) is 8.93. The zero-order valence-electron chi connectivity index (χ0n) is 14.4. The van der Waals surface area contributed by atoms with E-state index in [0.29, 0.717) is 15.0 Å². The SMILES string of the molecule is CCS(=O)(=O)c1ccccc1C(=O)N=c1sc2cc([N+](=O)[O-])ccc2n1C. The van der Waals surface area contributed by atoms with Crippen LogP contribution in [0.4, 0.5) is 5.69 Å². The Balaban J connectivity index is 2.15. The molecule has 0 radical (unpaired) electrons. The summed E-state index contributed by atoms with van der Waals surface area (Å²) in [5.74, 6) is -0.809. The Labute approximate surface area is 158 Å². The molecule has 10 heteroatoms. The molecule has 3 rings (SSSR count). The quantitative estimate of drug-likeness (QED) is 0.489. The number of benzene rings is 2. The topological polar surface area (TPSA) is 112 Å². The van der Waals surface area contributed by atoms with E-state index in [4.69, 9.17) is 0 Å². The van der Waals surface area contributed by atoms with Crippen LogP contribution in [0.25, 0.3) is 10.2 Å². The first-order chi connectivity index (χ1) is 12.7. The molecule has 0 aliphatic heterocycles. The molecule has 0 saturated heterocycles. The molecule has 0 aliphatic rings. The van der Waals surface area contributed by atoms with Crippen LogP contribution < -0.4 is 4.80 Å². The Bertz CT molecular complexity index is 1240. The summed E-state index contributed by atoms with van der Waals surface area (Å²) in [6.07, 6.45) is 0. The van der Waals surface area contributed by atoms with Crippen molar-refractivity contribution in [1.82, 2.24) is 4.57 Å². The van der Waals surface area contributed by atoms with E-state index in [2.05, 4.69) is 4.99 Å². The van der Waals surface area contributed by atoms with Gasteiger partial charge >= 0.3 is 0 Å². The van der Waals surface area contributed by atoms with E-state index in [1.54, 1.807) is 29.8 Å². The number of nitrogens with zero attached hydrogens (tertiary/aromatic N) is 3. The molecule has 0 N–H and O–H groups in total. The van der Waals surface area contributed by atoms with Crippen LogP contribution in [0, 0.1) is 10.1 Å². The molecule has 0 spiro atoms. The molecule has 0 bridgehead atoms. The molecule has 1 amide bonds. The van der Waals surface area contributed by atoms with Crippen LogP contribution in [-0.2, 0) is 16.9 Å². The first-order valence-electron chi connectivity index (χ1n) is 7.89. The summed E-state index contributed by atoms with van der Waals surface area (Å²) in [7, 11) is -1.89. The van der Waals surface area contributed by atoms with E-state index >= 15 is 0 Å². The number of non-ortho nitro benzene ring substituents is 1. The summed E-state index contributed by atoms with van der Waals surface area (Å²) < 4.78 is 26.7. The second kappa shape index (κ2) is 7.05. The van der Waals surface area contributed by atoms with Gasteiger partial charge in [0, 0.05) is 19.2 Å². The molecule has 1 aromatic heterocycles. The second-order valence-electron chi connectivity index (χ2n) is 5.67. The summed E-state index contributed by atoms with van der Waals surface area (Å²) in [5, 5.41) is 10.9. The highest BCUT2D eigenvalue weighted by Crippen LogP contribution is 2.23. The van der Waals surface area contributed by atoms with Crippen molar-refractivity contribution < 1.29 is 18.1 Å². The first kappa shape index (κ1) is 18.9. The first-order valence-corrected chi connectivity index (χ1v) is 10.4. The van der Waals surface area contributed by atoms with Gasteiger partial charge in [-0.2, -0.15) is 4.99 Å². The summed E-state index contributed by atoms with van der Waals surface area (Å²) in [4.78, 5) is 27.4. The van der Waals surface area contributed by atoms with Crippen molar-refractivity contribution in [3.63, 3.8) is 0 Å². The van der Waals surface area contributed by atoms with E-state index in [1.807, 2.05) is 0 Å². The summed E-state index contributed by atoms with van der Waals surface area (Å²) in [6.45, 7) is 1.51. The monoisotopic (exact) mass is 405 g/mol. The highest BCUT2D eigenvalue weighted by molar-refractivity contribution is 7.91. The van der Waals surface area contributed by atoms with Crippen molar-refractivity contribution in [2.24, 2.45) is 12.0 Å². The number of aromatic nitrogens is 1. The maximum absolute atomic E-state index is 12.7. The van der Waals surface area contributed by atoms with Gasteiger partial charge in [0.1, 0.15) is 0 Å². The van der Waals surface area contributed by atoms with Crippen LogP contribution >= 0.6 is 11.3 Å². The lowest BCUT2D eigenvalue weighted by Gasteiger charge is -2.05. The van der Waals surface area contributed by atoms with Crippen molar-refractivity contribution in [3.8, 4) is 0 Å². The number of carbonyl (C=O) groups is 1. The van der Waals surface area contributed by atoms with Crippen molar-refractivity contribution in [1.29, 1.82) is 0 Å². The number of hydrogen-bond donors (Lipinski definition) is 0. The lowest BCUT2D eigenvalue weighted by atomic mass is 10.2. The van der Waals surface area contributed by atoms with Crippen molar-refractivity contribution in [3.05, 3.63) is 62.9 Å². The number of hydrogen-bond acceptors (Lipinski definition) is 6.